The standard InChI is InChI=1S/C50H31BO2/c1-4-14-32(15-5-1)35-24-27-42-45(30-35)52-44-29-26-41(50-49(44)51(42)43-28-25-36(31-46(43)53-50)33-16-6-2-7-17-33)48-39-22-12-10-20-37(39)47(34-18-8-3-9-19-34)38-21-11-13-23-40(38)48/h1-31H. The average molecular weight is 675 g/mol. The molecule has 0 fully saturated rings. The number of hydrogen-bond acceptors (Lipinski definition) is 2. The number of hydrogen-bond donors (Lipinski definition) is 0. The lowest BCUT2D eigenvalue weighted by Crippen LogP contribution is -2.57. The summed E-state index contributed by atoms with van der Waals surface area (Å²) in [5.74, 6) is 3.44. The lowest BCUT2D eigenvalue weighted by atomic mass is 9.34. The fourth-order valence-electron chi connectivity index (χ4n) is 8.63. The molecule has 0 spiro atoms. The molecule has 9 aromatic carbocycles. The van der Waals surface area contributed by atoms with Crippen LogP contribution in [-0.2, 0) is 0 Å². The van der Waals surface area contributed by atoms with Crippen LogP contribution in [0.25, 0.3) is 66.1 Å². The third kappa shape index (κ3) is 4.68. The van der Waals surface area contributed by atoms with Crippen molar-refractivity contribution in [3.63, 3.8) is 0 Å². The minimum atomic E-state index is -0.0665. The van der Waals surface area contributed by atoms with E-state index in [0.29, 0.717) is 0 Å². The van der Waals surface area contributed by atoms with Crippen molar-refractivity contribution in [2.24, 2.45) is 0 Å². The minimum absolute atomic E-state index is 0.0665. The van der Waals surface area contributed by atoms with E-state index in [2.05, 4.69) is 188 Å². The molecule has 0 N–H and O–H groups in total. The van der Waals surface area contributed by atoms with Crippen LogP contribution in [0.15, 0.2) is 188 Å². The number of fused-ring (bicyclic) bond motifs is 6. The maximum absolute atomic E-state index is 7.21. The molecule has 0 unspecified atom stereocenters. The van der Waals surface area contributed by atoms with Crippen molar-refractivity contribution in [1.82, 2.24) is 0 Å². The highest BCUT2D eigenvalue weighted by atomic mass is 16.5. The first-order valence-electron chi connectivity index (χ1n) is 18.2. The zero-order valence-corrected chi connectivity index (χ0v) is 28.8. The maximum Gasteiger partial charge on any atom is 0.260 e. The van der Waals surface area contributed by atoms with Crippen LogP contribution >= 0.6 is 0 Å². The second-order valence-electron chi connectivity index (χ2n) is 13.9. The van der Waals surface area contributed by atoms with Crippen molar-refractivity contribution < 1.29 is 9.47 Å². The molecule has 0 aromatic heterocycles. The van der Waals surface area contributed by atoms with Crippen LogP contribution in [0, 0.1) is 0 Å². The van der Waals surface area contributed by atoms with Crippen LogP contribution in [0.3, 0.4) is 0 Å². The van der Waals surface area contributed by atoms with Gasteiger partial charge in [-0.3, -0.25) is 0 Å². The van der Waals surface area contributed by atoms with Gasteiger partial charge >= 0.3 is 0 Å². The zero-order chi connectivity index (χ0) is 34.9. The molecule has 0 bridgehead atoms. The van der Waals surface area contributed by atoms with Crippen LogP contribution in [0.1, 0.15) is 0 Å². The quantitative estimate of drug-likeness (QED) is 0.137. The lowest BCUT2D eigenvalue weighted by molar-refractivity contribution is 0.466. The Bertz CT molecular complexity index is 2810. The molecular formula is C50H31BO2. The Hall–Kier alpha value is -6.84. The van der Waals surface area contributed by atoms with Crippen molar-refractivity contribution in [2.45, 2.75) is 0 Å². The summed E-state index contributed by atoms with van der Waals surface area (Å²) in [5, 5.41) is 4.81. The molecule has 2 aliphatic rings. The van der Waals surface area contributed by atoms with E-state index in [1.54, 1.807) is 0 Å². The topological polar surface area (TPSA) is 18.5 Å². The summed E-state index contributed by atoms with van der Waals surface area (Å²) in [6.45, 7) is -0.0665. The smallest absolute Gasteiger partial charge is 0.260 e. The first-order valence-corrected chi connectivity index (χ1v) is 18.2. The van der Waals surface area contributed by atoms with E-state index in [1.807, 2.05) is 0 Å². The molecule has 11 rings (SSSR count). The van der Waals surface area contributed by atoms with Crippen molar-refractivity contribution >= 4 is 44.6 Å². The first kappa shape index (κ1) is 29.9. The zero-order valence-electron chi connectivity index (χ0n) is 28.8. The fourth-order valence-corrected chi connectivity index (χ4v) is 8.63. The number of benzene rings is 9. The Morgan fingerprint density at radius 2 is 0.774 bits per heavy atom. The summed E-state index contributed by atoms with van der Waals surface area (Å²) in [4.78, 5) is 0. The second kappa shape index (κ2) is 11.9. The highest BCUT2D eigenvalue weighted by Crippen LogP contribution is 2.48. The SMILES string of the molecule is c1ccc(-c2ccc3c(c2)Oc2ccc(-c4c5ccccc5c(-c5ccccc5)c5ccccc45)c4c2B3c2ccc(-c3ccccc3)cc2O4)cc1. The van der Waals surface area contributed by atoms with Gasteiger partial charge < -0.3 is 9.47 Å². The number of ether oxygens (including phenoxy) is 2. The largest absolute Gasteiger partial charge is 0.458 e. The predicted molar refractivity (Wildman–Crippen MR) is 221 cm³/mol. The minimum Gasteiger partial charge on any atom is -0.458 e. The molecule has 53 heavy (non-hydrogen) atoms. The second-order valence-corrected chi connectivity index (χ2v) is 13.9. The summed E-state index contributed by atoms with van der Waals surface area (Å²) in [5.41, 5.74) is 12.6. The van der Waals surface area contributed by atoms with Crippen LogP contribution in [0.5, 0.6) is 23.0 Å². The molecule has 9 aromatic rings. The third-order valence-electron chi connectivity index (χ3n) is 11.0. The summed E-state index contributed by atoms with van der Waals surface area (Å²) in [6, 6.07) is 67.1. The summed E-state index contributed by atoms with van der Waals surface area (Å²) in [7, 11) is 0. The van der Waals surface area contributed by atoms with Crippen LogP contribution in [0.2, 0.25) is 0 Å². The van der Waals surface area contributed by atoms with Gasteiger partial charge in [0.05, 0.1) is 0 Å². The normalized spacial score (nSPS) is 12.4. The fraction of sp³-hybridized carbons (Fsp3) is 0. The molecular weight excluding hydrogens is 643 g/mol. The molecule has 0 aliphatic carbocycles. The van der Waals surface area contributed by atoms with Gasteiger partial charge in [0.25, 0.3) is 6.71 Å². The van der Waals surface area contributed by atoms with Gasteiger partial charge in [-0.2, -0.15) is 0 Å². The van der Waals surface area contributed by atoms with Gasteiger partial charge in [0, 0.05) is 16.6 Å². The molecule has 0 atom stereocenters. The molecule has 2 heterocycles. The molecule has 0 saturated heterocycles. The Morgan fingerprint density at radius 1 is 0.321 bits per heavy atom. The molecule has 3 heteroatoms. The Kier molecular flexibility index (Phi) is 6.68. The van der Waals surface area contributed by atoms with E-state index in [4.69, 9.17) is 9.47 Å². The van der Waals surface area contributed by atoms with Gasteiger partial charge in [-0.15, -0.1) is 0 Å². The molecule has 246 valence electrons. The molecule has 2 nitrogen and oxygen atoms in total. The van der Waals surface area contributed by atoms with Gasteiger partial charge in [0.2, 0.25) is 0 Å². The summed E-state index contributed by atoms with van der Waals surface area (Å²) in [6.07, 6.45) is 0. The van der Waals surface area contributed by atoms with Crippen molar-refractivity contribution in [3.05, 3.63) is 188 Å². The van der Waals surface area contributed by atoms with Crippen molar-refractivity contribution in [2.75, 3.05) is 0 Å². The average Bonchev–Trinajstić information content (AvgIpc) is 3.23. The highest BCUT2D eigenvalue weighted by Gasteiger charge is 2.41. The van der Waals surface area contributed by atoms with Gasteiger partial charge in [0.15, 0.2) is 0 Å². The van der Waals surface area contributed by atoms with E-state index in [9.17, 15) is 0 Å². The van der Waals surface area contributed by atoms with E-state index in [-0.39, 0.29) is 6.71 Å². The van der Waals surface area contributed by atoms with Gasteiger partial charge in [-0.25, -0.2) is 0 Å². The Labute approximate surface area is 308 Å². The van der Waals surface area contributed by atoms with Gasteiger partial charge in [0.1, 0.15) is 23.0 Å². The van der Waals surface area contributed by atoms with Crippen molar-refractivity contribution in [1.29, 1.82) is 0 Å². The molecule has 0 amide bonds. The van der Waals surface area contributed by atoms with Crippen LogP contribution in [0.4, 0.5) is 0 Å². The Balaban J connectivity index is 1.19. The van der Waals surface area contributed by atoms with Gasteiger partial charge in [-0.05, 0) is 90.1 Å². The Morgan fingerprint density at radius 3 is 1.30 bits per heavy atom. The summed E-state index contributed by atoms with van der Waals surface area (Å²) >= 11 is 0. The van der Waals surface area contributed by atoms with Crippen LogP contribution in [-0.4, -0.2) is 6.71 Å². The summed E-state index contributed by atoms with van der Waals surface area (Å²) < 4.78 is 14.1. The number of rotatable bonds is 4. The maximum atomic E-state index is 7.21. The first-order chi connectivity index (χ1) is 26.3. The van der Waals surface area contributed by atoms with Gasteiger partial charge in [-0.1, -0.05) is 164 Å². The lowest BCUT2D eigenvalue weighted by Gasteiger charge is -2.34. The van der Waals surface area contributed by atoms with E-state index < -0.39 is 0 Å². The molecule has 0 saturated carbocycles. The molecule has 0 radical (unpaired) electrons. The third-order valence-corrected chi connectivity index (χ3v) is 11.0. The van der Waals surface area contributed by atoms with Crippen molar-refractivity contribution in [3.8, 4) is 67.5 Å². The van der Waals surface area contributed by atoms with E-state index in [0.717, 1.165) is 61.6 Å². The predicted octanol–water partition coefficient (Wildman–Crippen LogP) is 11.4. The monoisotopic (exact) mass is 674 g/mol. The van der Waals surface area contributed by atoms with E-state index in [1.165, 1.54) is 43.8 Å². The highest BCUT2D eigenvalue weighted by molar-refractivity contribution is 6.98. The molecule has 2 aliphatic heterocycles. The van der Waals surface area contributed by atoms with E-state index >= 15 is 0 Å². The van der Waals surface area contributed by atoms with Crippen LogP contribution < -0.4 is 25.9 Å².